The van der Waals surface area contributed by atoms with Gasteiger partial charge in [-0.1, -0.05) is 0 Å². The van der Waals surface area contributed by atoms with Gasteiger partial charge in [0.05, 0.1) is 6.61 Å². The molecule has 0 amide bonds. The Morgan fingerprint density at radius 2 is 1.88 bits per heavy atom. The molecular formula is C17H31Cl2N5O. The lowest BCUT2D eigenvalue weighted by molar-refractivity contribution is 0.0675. The van der Waals surface area contributed by atoms with Gasteiger partial charge in [0, 0.05) is 48.8 Å². The highest BCUT2D eigenvalue weighted by molar-refractivity contribution is 5.85. The van der Waals surface area contributed by atoms with Gasteiger partial charge in [0.1, 0.15) is 12.1 Å². The van der Waals surface area contributed by atoms with Crippen molar-refractivity contribution < 1.29 is 5.11 Å². The fraction of sp³-hybridized carbons (Fsp3) is 0.765. The van der Waals surface area contributed by atoms with E-state index in [1.165, 1.54) is 0 Å². The first-order valence-electron chi connectivity index (χ1n) is 8.59. The Morgan fingerprint density at radius 1 is 1.24 bits per heavy atom. The number of nitrogens with zero attached hydrogens (tertiary/aromatic N) is 4. The van der Waals surface area contributed by atoms with Crippen LogP contribution in [0.25, 0.3) is 0 Å². The van der Waals surface area contributed by atoms with Crippen molar-refractivity contribution in [2.24, 2.45) is 11.1 Å². The van der Waals surface area contributed by atoms with Gasteiger partial charge in [-0.2, -0.15) is 0 Å². The van der Waals surface area contributed by atoms with E-state index in [1.807, 2.05) is 0 Å². The second-order valence-electron chi connectivity index (χ2n) is 7.61. The SMILES string of the molecule is CN(C)CC1(CO)CCN(c2cc(C3CC(N)C3)ncn2)CC1.Cl.Cl. The molecule has 0 atom stereocenters. The number of aliphatic hydroxyl groups excluding tert-OH is 1. The number of halogens is 2. The number of rotatable bonds is 5. The zero-order valence-corrected chi connectivity index (χ0v) is 16.7. The summed E-state index contributed by atoms with van der Waals surface area (Å²) >= 11 is 0. The van der Waals surface area contributed by atoms with E-state index in [0.29, 0.717) is 12.0 Å². The molecule has 1 aliphatic carbocycles. The Morgan fingerprint density at radius 3 is 2.40 bits per heavy atom. The normalized spacial score (nSPS) is 24.9. The Labute approximate surface area is 163 Å². The third kappa shape index (κ3) is 5.17. The van der Waals surface area contributed by atoms with Crippen LogP contribution in [0.4, 0.5) is 5.82 Å². The number of piperidine rings is 1. The van der Waals surface area contributed by atoms with Crippen molar-refractivity contribution in [1.29, 1.82) is 0 Å². The summed E-state index contributed by atoms with van der Waals surface area (Å²) in [5.41, 5.74) is 7.04. The first-order chi connectivity index (χ1) is 11.0. The number of hydrogen-bond acceptors (Lipinski definition) is 6. The molecule has 1 saturated carbocycles. The summed E-state index contributed by atoms with van der Waals surface area (Å²) < 4.78 is 0. The molecule has 1 aromatic rings. The highest BCUT2D eigenvalue weighted by Crippen LogP contribution is 2.37. The maximum absolute atomic E-state index is 9.85. The molecule has 0 radical (unpaired) electrons. The van der Waals surface area contributed by atoms with Gasteiger partial charge >= 0.3 is 0 Å². The second-order valence-corrected chi connectivity index (χ2v) is 7.61. The molecule has 3 N–H and O–H groups in total. The van der Waals surface area contributed by atoms with Gasteiger partial charge in [-0.15, -0.1) is 24.8 Å². The molecular weight excluding hydrogens is 361 g/mol. The molecule has 3 rings (SSSR count). The van der Waals surface area contributed by atoms with Crippen molar-refractivity contribution >= 4 is 30.6 Å². The van der Waals surface area contributed by atoms with Gasteiger partial charge in [-0.3, -0.25) is 0 Å². The first kappa shape index (κ1) is 22.4. The van der Waals surface area contributed by atoms with Crippen molar-refractivity contribution in [3.8, 4) is 0 Å². The maximum atomic E-state index is 9.85. The molecule has 2 fully saturated rings. The van der Waals surface area contributed by atoms with Crippen molar-refractivity contribution in [1.82, 2.24) is 14.9 Å². The lowest BCUT2D eigenvalue weighted by Gasteiger charge is -2.42. The zero-order chi connectivity index (χ0) is 16.4. The van der Waals surface area contributed by atoms with Crippen LogP contribution in [0.3, 0.4) is 0 Å². The standard InChI is InChI=1S/C17H29N5O.2ClH/c1-21(2)10-17(11-23)3-5-22(6-4-17)16-9-15(19-12-20-16)13-7-14(18)8-13;;/h9,12-14,23H,3-8,10-11,18H2,1-2H3;2*1H. The molecule has 1 aliphatic heterocycles. The number of hydrogen-bond donors (Lipinski definition) is 2. The van der Waals surface area contributed by atoms with E-state index < -0.39 is 0 Å². The monoisotopic (exact) mass is 391 g/mol. The number of anilines is 1. The number of aromatic nitrogens is 2. The van der Waals surface area contributed by atoms with E-state index >= 15 is 0 Å². The Balaban J connectivity index is 0.00000156. The summed E-state index contributed by atoms with van der Waals surface area (Å²) in [5, 5.41) is 9.85. The van der Waals surface area contributed by atoms with Gasteiger partial charge in [0.2, 0.25) is 0 Å². The molecule has 2 aliphatic rings. The highest BCUT2D eigenvalue weighted by atomic mass is 35.5. The Kier molecular flexibility index (Phi) is 8.35. The topological polar surface area (TPSA) is 78.5 Å². The van der Waals surface area contributed by atoms with Crippen LogP contribution in [0.5, 0.6) is 0 Å². The summed E-state index contributed by atoms with van der Waals surface area (Å²) in [6, 6.07) is 2.47. The first-order valence-corrected chi connectivity index (χ1v) is 8.59. The third-order valence-corrected chi connectivity index (χ3v) is 5.40. The molecule has 25 heavy (non-hydrogen) atoms. The quantitative estimate of drug-likeness (QED) is 0.794. The van der Waals surface area contributed by atoms with E-state index in [4.69, 9.17) is 5.73 Å². The number of nitrogens with two attached hydrogens (primary N) is 1. The zero-order valence-electron chi connectivity index (χ0n) is 15.1. The average Bonchev–Trinajstić information content (AvgIpc) is 2.52. The van der Waals surface area contributed by atoms with Gasteiger partial charge in [0.15, 0.2) is 0 Å². The minimum absolute atomic E-state index is 0. The van der Waals surface area contributed by atoms with Crippen LogP contribution in [-0.4, -0.2) is 66.4 Å². The molecule has 6 nitrogen and oxygen atoms in total. The molecule has 0 bridgehead atoms. The van der Waals surface area contributed by atoms with Crippen LogP contribution >= 0.6 is 24.8 Å². The van der Waals surface area contributed by atoms with Crippen LogP contribution in [0.1, 0.15) is 37.3 Å². The van der Waals surface area contributed by atoms with E-state index in [0.717, 1.165) is 56.8 Å². The predicted molar refractivity (Wildman–Crippen MR) is 106 cm³/mol. The average molecular weight is 392 g/mol. The van der Waals surface area contributed by atoms with E-state index in [2.05, 4.69) is 39.9 Å². The summed E-state index contributed by atoms with van der Waals surface area (Å²) in [6.07, 6.45) is 5.74. The molecule has 0 spiro atoms. The van der Waals surface area contributed by atoms with Crippen LogP contribution in [0.2, 0.25) is 0 Å². The fourth-order valence-electron chi connectivity index (χ4n) is 3.91. The van der Waals surface area contributed by atoms with Gasteiger partial charge in [-0.05, 0) is 39.8 Å². The highest BCUT2D eigenvalue weighted by Gasteiger charge is 2.35. The van der Waals surface area contributed by atoms with Gasteiger partial charge in [-0.25, -0.2) is 9.97 Å². The predicted octanol–water partition coefficient (Wildman–Crippen LogP) is 1.67. The molecule has 0 aromatic carbocycles. The van der Waals surface area contributed by atoms with Gasteiger partial charge < -0.3 is 20.6 Å². The summed E-state index contributed by atoms with van der Waals surface area (Å²) in [5.74, 6) is 1.52. The fourth-order valence-corrected chi connectivity index (χ4v) is 3.91. The lowest BCUT2D eigenvalue weighted by Crippen LogP contribution is -2.47. The van der Waals surface area contributed by atoms with Crippen molar-refractivity contribution in [2.45, 2.75) is 37.6 Å². The third-order valence-electron chi connectivity index (χ3n) is 5.40. The van der Waals surface area contributed by atoms with Gasteiger partial charge in [0.25, 0.3) is 0 Å². The lowest BCUT2D eigenvalue weighted by atomic mass is 9.78. The minimum Gasteiger partial charge on any atom is -0.396 e. The molecule has 1 aromatic heterocycles. The molecule has 1 saturated heterocycles. The summed E-state index contributed by atoms with van der Waals surface area (Å²) in [4.78, 5) is 13.4. The van der Waals surface area contributed by atoms with E-state index in [-0.39, 0.29) is 36.8 Å². The van der Waals surface area contributed by atoms with E-state index in [1.54, 1.807) is 6.33 Å². The van der Waals surface area contributed by atoms with Crippen molar-refractivity contribution in [3.63, 3.8) is 0 Å². The van der Waals surface area contributed by atoms with Crippen LogP contribution < -0.4 is 10.6 Å². The van der Waals surface area contributed by atoms with Crippen molar-refractivity contribution in [3.05, 3.63) is 18.1 Å². The minimum atomic E-state index is 0. The van der Waals surface area contributed by atoms with Crippen LogP contribution in [-0.2, 0) is 0 Å². The second kappa shape index (κ2) is 9.33. The summed E-state index contributed by atoms with van der Waals surface area (Å²) in [7, 11) is 4.15. The maximum Gasteiger partial charge on any atom is 0.132 e. The molecule has 0 unspecified atom stereocenters. The van der Waals surface area contributed by atoms with E-state index in [9.17, 15) is 5.11 Å². The Bertz CT molecular complexity index is 532. The van der Waals surface area contributed by atoms with Crippen LogP contribution in [0, 0.1) is 5.41 Å². The van der Waals surface area contributed by atoms with Crippen LogP contribution in [0.15, 0.2) is 12.4 Å². The number of aliphatic hydroxyl groups is 1. The Hall–Kier alpha value is -0.660. The largest absolute Gasteiger partial charge is 0.396 e. The molecule has 8 heteroatoms. The van der Waals surface area contributed by atoms with Crippen molar-refractivity contribution in [2.75, 3.05) is 45.2 Å². The summed E-state index contributed by atoms with van der Waals surface area (Å²) in [6.45, 7) is 3.07. The smallest absolute Gasteiger partial charge is 0.132 e. The molecule has 144 valence electrons. The molecule has 2 heterocycles.